The molecule has 0 aromatic rings. The molecule has 0 spiro atoms. The van der Waals surface area contributed by atoms with Crippen molar-refractivity contribution in [1.29, 1.82) is 0 Å². The Kier molecular flexibility index (Phi) is 4.86. The second kappa shape index (κ2) is 5.13. The third-order valence-corrected chi connectivity index (χ3v) is 1.87. The molecule has 0 unspecified atom stereocenters. The predicted octanol–water partition coefficient (Wildman–Crippen LogP) is 0.795. The summed E-state index contributed by atoms with van der Waals surface area (Å²) in [5.41, 5.74) is 0.542. The van der Waals surface area contributed by atoms with Crippen LogP contribution in [0.4, 0.5) is 0 Å². The molecule has 0 aliphatic carbocycles. The molecule has 3 nitrogen and oxygen atoms in total. The highest BCUT2D eigenvalue weighted by Crippen LogP contribution is 2.29. The summed E-state index contributed by atoms with van der Waals surface area (Å²) in [6, 6.07) is 0. The minimum Gasteiger partial charge on any atom is -0.380 e. The Balaban J connectivity index is 0.000000218. The van der Waals surface area contributed by atoms with E-state index < -0.39 is 0 Å². The molecule has 1 amide bonds. The van der Waals surface area contributed by atoms with Crippen LogP contribution in [0, 0.1) is 5.41 Å². The van der Waals surface area contributed by atoms with Crippen LogP contribution in [-0.4, -0.2) is 26.7 Å². The van der Waals surface area contributed by atoms with Crippen LogP contribution in [0.25, 0.3) is 0 Å². The first-order chi connectivity index (χ1) is 5.18. The summed E-state index contributed by atoms with van der Waals surface area (Å²) in [5.74, 6) is 0. The number of nitrogens with one attached hydrogen (secondary N) is 1. The summed E-state index contributed by atoms with van der Waals surface area (Å²) in [7, 11) is 1.56. The maximum absolute atomic E-state index is 9.06. The molecule has 0 aromatic heterocycles. The van der Waals surface area contributed by atoms with Gasteiger partial charge in [-0.05, 0) is 6.42 Å². The molecule has 0 radical (unpaired) electrons. The van der Waals surface area contributed by atoms with Gasteiger partial charge in [0.25, 0.3) is 0 Å². The van der Waals surface area contributed by atoms with E-state index in [0.717, 1.165) is 13.2 Å². The summed E-state index contributed by atoms with van der Waals surface area (Å²) >= 11 is 0. The molecule has 1 aliphatic heterocycles. The van der Waals surface area contributed by atoms with E-state index in [9.17, 15) is 0 Å². The number of amides is 1. The van der Waals surface area contributed by atoms with Crippen LogP contribution >= 0.6 is 0 Å². The van der Waals surface area contributed by atoms with Gasteiger partial charge in [0, 0.05) is 12.5 Å². The highest BCUT2D eigenvalue weighted by Gasteiger charge is 2.30. The highest BCUT2D eigenvalue weighted by atomic mass is 16.5. The molecular formula is C8H17NO2. The lowest BCUT2D eigenvalue weighted by atomic mass is 9.86. The summed E-state index contributed by atoms with van der Waals surface area (Å²) in [6.07, 6.45) is 1.88. The van der Waals surface area contributed by atoms with Gasteiger partial charge in [0.05, 0.1) is 13.2 Å². The number of hydrogen-bond acceptors (Lipinski definition) is 2. The van der Waals surface area contributed by atoms with E-state index in [2.05, 4.69) is 19.2 Å². The van der Waals surface area contributed by atoms with Crippen molar-refractivity contribution in [3.8, 4) is 0 Å². The fourth-order valence-electron chi connectivity index (χ4n) is 0.655. The lowest BCUT2D eigenvalue weighted by Crippen LogP contribution is -2.38. The minimum atomic E-state index is 0.542. The van der Waals surface area contributed by atoms with Gasteiger partial charge in [-0.1, -0.05) is 13.8 Å². The Hall–Kier alpha value is -0.570. The number of carbonyl (C=O) groups is 1. The zero-order valence-corrected chi connectivity index (χ0v) is 7.52. The van der Waals surface area contributed by atoms with E-state index in [0.29, 0.717) is 11.8 Å². The smallest absolute Gasteiger partial charge is 0.206 e. The number of ether oxygens (including phenoxy) is 1. The van der Waals surface area contributed by atoms with Gasteiger partial charge >= 0.3 is 0 Å². The fourth-order valence-corrected chi connectivity index (χ4v) is 0.655. The molecule has 1 rings (SSSR count). The monoisotopic (exact) mass is 159 g/mol. The fraction of sp³-hybridized carbons (Fsp3) is 0.875. The maximum atomic E-state index is 9.06. The average molecular weight is 159 g/mol. The van der Waals surface area contributed by atoms with Crippen molar-refractivity contribution in [3.05, 3.63) is 0 Å². The summed E-state index contributed by atoms with van der Waals surface area (Å²) < 4.78 is 5.03. The van der Waals surface area contributed by atoms with E-state index in [1.54, 1.807) is 7.05 Å². The molecule has 1 fully saturated rings. The third-order valence-electron chi connectivity index (χ3n) is 1.87. The van der Waals surface area contributed by atoms with Gasteiger partial charge in [0.2, 0.25) is 6.41 Å². The normalized spacial score (nSPS) is 18.8. The first kappa shape index (κ1) is 10.4. The Morgan fingerprint density at radius 2 is 2.09 bits per heavy atom. The van der Waals surface area contributed by atoms with Crippen molar-refractivity contribution in [2.75, 3.05) is 20.3 Å². The van der Waals surface area contributed by atoms with Gasteiger partial charge in [-0.3, -0.25) is 4.79 Å². The van der Waals surface area contributed by atoms with E-state index in [1.165, 1.54) is 6.42 Å². The summed E-state index contributed by atoms with van der Waals surface area (Å²) in [5, 5.41) is 2.25. The Labute approximate surface area is 68.1 Å². The topological polar surface area (TPSA) is 38.3 Å². The van der Waals surface area contributed by atoms with E-state index >= 15 is 0 Å². The lowest BCUT2D eigenvalue weighted by molar-refractivity contribution is -0.109. The summed E-state index contributed by atoms with van der Waals surface area (Å²) in [6.45, 7) is 6.42. The SMILES string of the molecule is CCC1(C)COC1.CNC=O. The van der Waals surface area contributed by atoms with Crippen LogP contribution in [-0.2, 0) is 9.53 Å². The van der Waals surface area contributed by atoms with E-state index in [1.807, 2.05) is 0 Å². The van der Waals surface area contributed by atoms with Gasteiger partial charge in [0.15, 0.2) is 0 Å². The van der Waals surface area contributed by atoms with Gasteiger partial charge in [0.1, 0.15) is 0 Å². The van der Waals surface area contributed by atoms with E-state index in [-0.39, 0.29) is 0 Å². The Morgan fingerprint density at radius 3 is 2.09 bits per heavy atom. The molecule has 1 saturated heterocycles. The standard InChI is InChI=1S/C6H12O.C2H5NO/c1-3-6(2)4-7-5-6;1-3-2-4/h3-5H2,1-2H3;2H,1H3,(H,3,4). The van der Waals surface area contributed by atoms with Gasteiger partial charge in [-0.15, -0.1) is 0 Å². The van der Waals surface area contributed by atoms with Crippen molar-refractivity contribution < 1.29 is 9.53 Å². The molecule has 1 aliphatic rings. The van der Waals surface area contributed by atoms with Crippen LogP contribution in [0.2, 0.25) is 0 Å². The molecule has 3 heteroatoms. The van der Waals surface area contributed by atoms with Gasteiger partial charge in [-0.2, -0.15) is 0 Å². The zero-order valence-electron chi connectivity index (χ0n) is 7.52. The van der Waals surface area contributed by atoms with Crippen molar-refractivity contribution in [3.63, 3.8) is 0 Å². The summed E-state index contributed by atoms with van der Waals surface area (Å²) in [4.78, 5) is 9.06. The van der Waals surface area contributed by atoms with Crippen molar-refractivity contribution in [2.45, 2.75) is 20.3 Å². The van der Waals surface area contributed by atoms with E-state index in [4.69, 9.17) is 9.53 Å². The molecule has 11 heavy (non-hydrogen) atoms. The number of rotatable bonds is 2. The van der Waals surface area contributed by atoms with Crippen LogP contribution in [0.1, 0.15) is 20.3 Å². The van der Waals surface area contributed by atoms with Crippen LogP contribution < -0.4 is 5.32 Å². The molecular weight excluding hydrogens is 142 g/mol. The molecule has 1 heterocycles. The second-order valence-corrected chi connectivity index (χ2v) is 3.06. The molecule has 0 bridgehead atoms. The minimum absolute atomic E-state index is 0.542. The third kappa shape index (κ3) is 3.98. The molecule has 66 valence electrons. The molecule has 1 N–H and O–H groups in total. The van der Waals surface area contributed by atoms with Crippen molar-refractivity contribution >= 4 is 6.41 Å². The Bertz CT molecular complexity index is 105. The predicted molar refractivity (Wildman–Crippen MR) is 44.3 cm³/mol. The van der Waals surface area contributed by atoms with Gasteiger partial charge < -0.3 is 10.1 Å². The lowest BCUT2D eigenvalue weighted by Gasteiger charge is -2.36. The first-order valence-corrected chi connectivity index (χ1v) is 3.87. The van der Waals surface area contributed by atoms with Crippen LogP contribution in [0.3, 0.4) is 0 Å². The molecule has 0 aromatic carbocycles. The van der Waals surface area contributed by atoms with Crippen LogP contribution in [0.5, 0.6) is 0 Å². The number of carbonyl (C=O) groups excluding carboxylic acids is 1. The highest BCUT2D eigenvalue weighted by molar-refractivity contribution is 5.44. The average Bonchev–Trinajstić information content (AvgIpc) is 2.01. The largest absolute Gasteiger partial charge is 0.380 e. The van der Waals surface area contributed by atoms with Crippen molar-refractivity contribution in [2.24, 2.45) is 5.41 Å². The molecule has 0 saturated carbocycles. The molecule has 0 atom stereocenters. The van der Waals surface area contributed by atoms with Gasteiger partial charge in [-0.25, -0.2) is 0 Å². The Morgan fingerprint density at radius 1 is 1.64 bits per heavy atom. The first-order valence-electron chi connectivity index (χ1n) is 3.87. The van der Waals surface area contributed by atoms with Crippen molar-refractivity contribution in [1.82, 2.24) is 5.32 Å². The maximum Gasteiger partial charge on any atom is 0.206 e. The number of hydrogen-bond donors (Lipinski definition) is 1. The van der Waals surface area contributed by atoms with Crippen LogP contribution in [0.15, 0.2) is 0 Å². The zero-order chi connectivity index (χ0) is 8.74. The second-order valence-electron chi connectivity index (χ2n) is 3.06. The quantitative estimate of drug-likeness (QED) is 0.605.